The number of nitrogens with two attached hydrogens (primary N) is 1. The summed E-state index contributed by atoms with van der Waals surface area (Å²) in [5.41, 5.74) is 10.4. The number of guanidine groups is 1. The molecule has 0 aromatic heterocycles. The molecule has 1 saturated heterocycles. The van der Waals surface area contributed by atoms with Crippen LogP contribution in [0.15, 0.2) is 47.5 Å². The van der Waals surface area contributed by atoms with Gasteiger partial charge >= 0.3 is 0 Å². The molecule has 3 N–H and O–H groups in total. The highest BCUT2D eigenvalue weighted by molar-refractivity contribution is 14.0. The highest BCUT2D eigenvalue weighted by Crippen LogP contribution is 2.35. The molecule has 146 valence electrons. The van der Waals surface area contributed by atoms with Crippen LogP contribution in [-0.4, -0.2) is 25.7 Å². The quantitative estimate of drug-likeness (QED) is 0.382. The van der Waals surface area contributed by atoms with Crippen LogP contribution in [0, 0.1) is 19.7 Å². The number of nitrogens with one attached hydrogen (secondary N) is 1. The van der Waals surface area contributed by atoms with Crippen molar-refractivity contribution >= 4 is 35.6 Å². The Morgan fingerprint density at radius 2 is 1.78 bits per heavy atom. The van der Waals surface area contributed by atoms with Gasteiger partial charge in [0.25, 0.3) is 0 Å². The lowest BCUT2D eigenvalue weighted by Crippen LogP contribution is -2.38. The first kappa shape index (κ1) is 21.6. The fourth-order valence-electron chi connectivity index (χ4n) is 3.35. The lowest BCUT2D eigenvalue weighted by molar-refractivity contribution is 0.0531. The van der Waals surface area contributed by atoms with Gasteiger partial charge in [0.15, 0.2) is 5.96 Å². The summed E-state index contributed by atoms with van der Waals surface area (Å²) in [6.07, 6.45) is 1.69. The molecule has 2 aromatic rings. The van der Waals surface area contributed by atoms with Gasteiger partial charge in [-0.05, 0) is 67.6 Å². The number of ether oxygens (including phenoxy) is 1. The molecule has 27 heavy (non-hydrogen) atoms. The first-order valence-corrected chi connectivity index (χ1v) is 8.96. The van der Waals surface area contributed by atoms with Crippen molar-refractivity contribution in [3.8, 4) is 0 Å². The van der Waals surface area contributed by atoms with Crippen LogP contribution in [0.1, 0.15) is 29.5 Å². The highest BCUT2D eigenvalue weighted by atomic mass is 127. The predicted molar refractivity (Wildman–Crippen MR) is 120 cm³/mol. The number of aryl methyl sites for hydroxylation is 2. The lowest BCUT2D eigenvalue weighted by atomic mass is 9.74. The minimum Gasteiger partial charge on any atom is -0.381 e. The van der Waals surface area contributed by atoms with Crippen LogP contribution in [0.5, 0.6) is 0 Å². The molecule has 0 spiro atoms. The number of nitrogens with zero attached hydrogens (tertiary/aromatic N) is 1. The molecule has 0 radical (unpaired) electrons. The zero-order chi connectivity index (χ0) is 18.6. The minimum absolute atomic E-state index is 0. The van der Waals surface area contributed by atoms with Gasteiger partial charge in [-0.25, -0.2) is 4.39 Å². The van der Waals surface area contributed by atoms with Crippen molar-refractivity contribution in [2.24, 2.45) is 10.7 Å². The number of halogens is 2. The molecular formula is C21H27FIN3O. The summed E-state index contributed by atoms with van der Waals surface area (Å²) in [7, 11) is 0. The number of hydrogen-bond acceptors (Lipinski definition) is 2. The van der Waals surface area contributed by atoms with Gasteiger partial charge in [0, 0.05) is 24.3 Å². The molecule has 1 heterocycles. The zero-order valence-electron chi connectivity index (χ0n) is 15.8. The Hall–Kier alpha value is -1.67. The average molecular weight is 483 g/mol. The van der Waals surface area contributed by atoms with Crippen LogP contribution in [0.3, 0.4) is 0 Å². The molecule has 2 aromatic carbocycles. The fourth-order valence-corrected chi connectivity index (χ4v) is 3.35. The maximum atomic E-state index is 13.3. The third kappa shape index (κ3) is 5.42. The van der Waals surface area contributed by atoms with E-state index in [9.17, 15) is 4.39 Å². The van der Waals surface area contributed by atoms with E-state index in [0.717, 1.165) is 24.1 Å². The van der Waals surface area contributed by atoms with Gasteiger partial charge in [-0.15, -0.1) is 24.0 Å². The molecule has 3 rings (SSSR count). The Morgan fingerprint density at radius 3 is 2.41 bits per heavy atom. The third-order valence-electron chi connectivity index (χ3n) is 5.24. The van der Waals surface area contributed by atoms with Gasteiger partial charge in [-0.2, -0.15) is 0 Å². The van der Waals surface area contributed by atoms with Gasteiger partial charge in [-0.3, -0.25) is 4.99 Å². The smallest absolute Gasteiger partial charge is 0.193 e. The Bertz CT molecular complexity index is 787. The van der Waals surface area contributed by atoms with E-state index >= 15 is 0 Å². The van der Waals surface area contributed by atoms with E-state index in [2.05, 4.69) is 36.3 Å². The van der Waals surface area contributed by atoms with E-state index < -0.39 is 0 Å². The SMILES string of the molecule is Cc1ccc(NC(N)=NCC2(c3ccc(F)cc3)CCOCC2)cc1C.I. The summed E-state index contributed by atoms with van der Waals surface area (Å²) in [5, 5.41) is 3.16. The summed E-state index contributed by atoms with van der Waals surface area (Å²) < 4.78 is 18.8. The summed E-state index contributed by atoms with van der Waals surface area (Å²) in [6, 6.07) is 12.8. The predicted octanol–water partition coefficient (Wildman–Crippen LogP) is 4.54. The first-order chi connectivity index (χ1) is 12.5. The number of rotatable bonds is 4. The van der Waals surface area contributed by atoms with Gasteiger partial charge < -0.3 is 15.8 Å². The normalized spacial score (nSPS) is 16.5. The molecule has 6 heteroatoms. The summed E-state index contributed by atoms with van der Waals surface area (Å²) in [5.74, 6) is 0.164. The molecule has 0 saturated carbocycles. The molecule has 0 unspecified atom stereocenters. The van der Waals surface area contributed by atoms with Crippen molar-refractivity contribution in [2.75, 3.05) is 25.1 Å². The monoisotopic (exact) mass is 483 g/mol. The standard InChI is InChI=1S/C21H26FN3O.HI/c1-15-3-8-19(13-16(15)2)25-20(23)24-14-21(9-11-26-12-10-21)17-4-6-18(22)7-5-17;/h3-8,13H,9-12,14H2,1-2H3,(H3,23,24,25);1H. The maximum absolute atomic E-state index is 13.3. The van der Waals surface area contributed by atoms with Crippen molar-refractivity contribution in [1.82, 2.24) is 0 Å². The van der Waals surface area contributed by atoms with E-state index in [0.29, 0.717) is 25.7 Å². The van der Waals surface area contributed by atoms with E-state index in [1.165, 1.54) is 23.3 Å². The van der Waals surface area contributed by atoms with Crippen molar-refractivity contribution in [1.29, 1.82) is 0 Å². The minimum atomic E-state index is -0.226. The Morgan fingerprint density at radius 1 is 1.11 bits per heavy atom. The van der Waals surface area contributed by atoms with Crippen LogP contribution in [0.25, 0.3) is 0 Å². The van der Waals surface area contributed by atoms with Crippen LogP contribution in [0.4, 0.5) is 10.1 Å². The van der Waals surface area contributed by atoms with Crippen molar-refractivity contribution in [2.45, 2.75) is 32.1 Å². The molecule has 4 nitrogen and oxygen atoms in total. The zero-order valence-corrected chi connectivity index (χ0v) is 18.1. The molecule has 1 aliphatic rings. The molecular weight excluding hydrogens is 456 g/mol. The number of benzene rings is 2. The van der Waals surface area contributed by atoms with E-state index in [4.69, 9.17) is 10.5 Å². The average Bonchev–Trinajstić information content (AvgIpc) is 2.64. The second kappa shape index (κ2) is 9.50. The third-order valence-corrected chi connectivity index (χ3v) is 5.24. The molecule has 0 aliphatic carbocycles. The second-order valence-corrected chi connectivity index (χ2v) is 7.03. The highest BCUT2D eigenvalue weighted by Gasteiger charge is 2.34. The lowest BCUT2D eigenvalue weighted by Gasteiger charge is -2.36. The molecule has 1 fully saturated rings. The van der Waals surface area contributed by atoms with E-state index in [1.54, 1.807) is 0 Å². The Balaban J connectivity index is 0.00000261. The van der Waals surface area contributed by atoms with Crippen molar-refractivity contribution < 1.29 is 9.13 Å². The largest absolute Gasteiger partial charge is 0.381 e. The molecule has 1 aliphatic heterocycles. The summed E-state index contributed by atoms with van der Waals surface area (Å²) in [4.78, 5) is 4.60. The number of hydrogen-bond donors (Lipinski definition) is 2. The number of aliphatic imine (C=N–C) groups is 1. The van der Waals surface area contributed by atoms with Gasteiger partial charge in [-0.1, -0.05) is 18.2 Å². The van der Waals surface area contributed by atoms with Gasteiger partial charge in [0.2, 0.25) is 0 Å². The Kier molecular flexibility index (Phi) is 7.61. The summed E-state index contributed by atoms with van der Waals surface area (Å²) in [6.45, 7) is 6.05. The molecule has 0 bridgehead atoms. The van der Waals surface area contributed by atoms with Crippen molar-refractivity contribution in [3.05, 3.63) is 65.0 Å². The van der Waals surface area contributed by atoms with Crippen LogP contribution < -0.4 is 11.1 Å². The van der Waals surface area contributed by atoms with Crippen LogP contribution in [0.2, 0.25) is 0 Å². The fraction of sp³-hybridized carbons (Fsp3) is 0.381. The van der Waals surface area contributed by atoms with Crippen LogP contribution >= 0.6 is 24.0 Å². The van der Waals surface area contributed by atoms with Gasteiger partial charge in [0.05, 0.1) is 6.54 Å². The van der Waals surface area contributed by atoms with E-state index in [1.807, 2.05) is 18.2 Å². The number of anilines is 1. The maximum Gasteiger partial charge on any atom is 0.193 e. The molecule has 0 atom stereocenters. The summed E-state index contributed by atoms with van der Waals surface area (Å²) >= 11 is 0. The second-order valence-electron chi connectivity index (χ2n) is 7.03. The molecule has 0 amide bonds. The Labute approximate surface area is 177 Å². The van der Waals surface area contributed by atoms with E-state index in [-0.39, 0.29) is 35.2 Å². The van der Waals surface area contributed by atoms with Crippen LogP contribution in [-0.2, 0) is 10.2 Å². The van der Waals surface area contributed by atoms with Crippen molar-refractivity contribution in [3.63, 3.8) is 0 Å². The topological polar surface area (TPSA) is 59.6 Å². The van der Waals surface area contributed by atoms with Gasteiger partial charge in [0.1, 0.15) is 5.82 Å². The first-order valence-electron chi connectivity index (χ1n) is 8.96.